The Hall–Kier alpha value is -0.730. The molecule has 1 aromatic rings. The standard InChI is InChI=1S/C18H29ClN2/c1-15-6-7-16(19)14-17(15)21-12-10-20(11-13-21)9-5-8-18(2,3)4/h6-7,14H,5,8-13H2,1-4H3. The average Bonchev–Trinajstić information content (AvgIpc) is 2.41. The maximum absolute atomic E-state index is 6.14. The molecule has 2 nitrogen and oxygen atoms in total. The zero-order valence-electron chi connectivity index (χ0n) is 14.0. The number of anilines is 1. The van der Waals surface area contributed by atoms with Crippen molar-refractivity contribution in [1.29, 1.82) is 0 Å². The smallest absolute Gasteiger partial charge is 0.0426 e. The van der Waals surface area contributed by atoms with E-state index < -0.39 is 0 Å². The minimum atomic E-state index is 0.458. The van der Waals surface area contributed by atoms with Crippen molar-refractivity contribution < 1.29 is 0 Å². The number of aryl methyl sites for hydroxylation is 1. The molecule has 0 amide bonds. The molecule has 1 fully saturated rings. The van der Waals surface area contributed by atoms with Gasteiger partial charge in [0.05, 0.1) is 0 Å². The fourth-order valence-electron chi connectivity index (χ4n) is 2.97. The minimum absolute atomic E-state index is 0.458. The normalized spacial score (nSPS) is 17.3. The summed E-state index contributed by atoms with van der Waals surface area (Å²) < 4.78 is 0. The zero-order chi connectivity index (χ0) is 15.5. The average molecular weight is 309 g/mol. The number of piperazine rings is 1. The molecule has 0 aromatic heterocycles. The van der Waals surface area contributed by atoms with Crippen molar-refractivity contribution in [2.75, 3.05) is 37.6 Å². The van der Waals surface area contributed by atoms with Gasteiger partial charge in [0.1, 0.15) is 0 Å². The number of nitrogens with zero attached hydrogens (tertiary/aromatic N) is 2. The summed E-state index contributed by atoms with van der Waals surface area (Å²) in [5.74, 6) is 0. The lowest BCUT2D eigenvalue weighted by Gasteiger charge is -2.37. The Morgan fingerprint density at radius 2 is 1.76 bits per heavy atom. The first-order valence-corrected chi connectivity index (χ1v) is 8.46. The molecule has 1 aromatic carbocycles. The highest BCUT2D eigenvalue weighted by atomic mass is 35.5. The maximum atomic E-state index is 6.14. The van der Waals surface area contributed by atoms with Gasteiger partial charge in [-0.3, -0.25) is 4.90 Å². The van der Waals surface area contributed by atoms with Crippen molar-refractivity contribution in [3.63, 3.8) is 0 Å². The van der Waals surface area contributed by atoms with Gasteiger partial charge in [-0.1, -0.05) is 38.4 Å². The van der Waals surface area contributed by atoms with Gasteiger partial charge in [-0.15, -0.1) is 0 Å². The molecule has 1 aliphatic rings. The quantitative estimate of drug-likeness (QED) is 0.802. The van der Waals surface area contributed by atoms with Crippen LogP contribution in [0.25, 0.3) is 0 Å². The second-order valence-electron chi connectivity index (χ2n) is 7.42. The van der Waals surface area contributed by atoms with Crippen LogP contribution in [0.15, 0.2) is 18.2 Å². The summed E-state index contributed by atoms with van der Waals surface area (Å²) in [5.41, 5.74) is 3.08. The van der Waals surface area contributed by atoms with Crippen molar-refractivity contribution >= 4 is 17.3 Å². The van der Waals surface area contributed by atoms with Crippen LogP contribution in [0.4, 0.5) is 5.69 Å². The molecule has 0 atom stereocenters. The third-order valence-electron chi connectivity index (χ3n) is 4.29. The van der Waals surface area contributed by atoms with E-state index in [-0.39, 0.29) is 0 Å². The molecule has 1 heterocycles. The molecule has 0 N–H and O–H groups in total. The van der Waals surface area contributed by atoms with Gasteiger partial charge in [-0.25, -0.2) is 0 Å². The fraction of sp³-hybridized carbons (Fsp3) is 0.667. The Morgan fingerprint density at radius 3 is 2.38 bits per heavy atom. The highest BCUT2D eigenvalue weighted by Gasteiger charge is 2.19. The Balaban J connectivity index is 1.82. The Kier molecular flexibility index (Phi) is 5.56. The molecule has 1 saturated heterocycles. The van der Waals surface area contributed by atoms with E-state index in [0.717, 1.165) is 31.2 Å². The second kappa shape index (κ2) is 7.02. The number of rotatable bonds is 4. The molecule has 0 unspecified atom stereocenters. The van der Waals surface area contributed by atoms with E-state index in [9.17, 15) is 0 Å². The van der Waals surface area contributed by atoms with Gasteiger partial charge < -0.3 is 4.90 Å². The van der Waals surface area contributed by atoms with Crippen molar-refractivity contribution in [3.05, 3.63) is 28.8 Å². The van der Waals surface area contributed by atoms with Crippen molar-refractivity contribution in [1.82, 2.24) is 4.90 Å². The molecule has 0 spiro atoms. The molecular weight excluding hydrogens is 280 g/mol. The third-order valence-corrected chi connectivity index (χ3v) is 4.52. The number of hydrogen-bond acceptors (Lipinski definition) is 2. The van der Waals surface area contributed by atoms with Crippen molar-refractivity contribution in [2.45, 2.75) is 40.5 Å². The van der Waals surface area contributed by atoms with Crippen molar-refractivity contribution in [2.24, 2.45) is 5.41 Å². The Labute approximate surface area is 135 Å². The van der Waals surface area contributed by atoms with E-state index in [0.29, 0.717) is 5.41 Å². The molecular formula is C18H29ClN2. The van der Waals surface area contributed by atoms with E-state index in [1.54, 1.807) is 0 Å². The van der Waals surface area contributed by atoms with E-state index in [1.807, 2.05) is 6.07 Å². The predicted molar refractivity (Wildman–Crippen MR) is 93.5 cm³/mol. The van der Waals surface area contributed by atoms with Crippen LogP contribution in [0.1, 0.15) is 39.2 Å². The predicted octanol–water partition coefficient (Wildman–Crippen LogP) is 4.60. The summed E-state index contributed by atoms with van der Waals surface area (Å²) in [7, 11) is 0. The highest BCUT2D eigenvalue weighted by molar-refractivity contribution is 6.30. The van der Waals surface area contributed by atoms with Crippen LogP contribution < -0.4 is 4.90 Å². The van der Waals surface area contributed by atoms with E-state index in [4.69, 9.17) is 11.6 Å². The molecule has 118 valence electrons. The van der Waals surface area contributed by atoms with Gasteiger partial charge in [0.2, 0.25) is 0 Å². The summed E-state index contributed by atoms with van der Waals surface area (Å²) >= 11 is 6.14. The first-order valence-electron chi connectivity index (χ1n) is 8.09. The van der Waals surface area contributed by atoms with Crippen LogP contribution in [0, 0.1) is 12.3 Å². The summed E-state index contributed by atoms with van der Waals surface area (Å²) in [4.78, 5) is 5.07. The van der Waals surface area contributed by atoms with Crippen LogP contribution in [-0.2, 0) is 0 Å². The summed E-state index contributed by atoms with van der Waals surface area (Å²) in [5, 5.41) is 0.836. The first kappa shape index (κ1) is 16.6. The summed E-state index contributed by atoms with van der Waals surface area (Å²) in [6.07, 6.45) is 2.61. The van der Waals surface area contributed by atoms with Crippen LogP contribution in [0.5, 0.6) is 0 Å². The zero-order valence-corrected chi connectivity index (χ0v) is 14.7. The lowest BCUT2D eigenvalue weighted by atomic mass is 9.90. The largest absolute Gasteiger partial charge is 0.369 e. The van der Waals surface area contributed by atoms with E-state index >= 15 is 0 Å². The number of hydrogen-bond donors (Lipinski definition) is 0. The Morgan fingerprint density at radius 1 is 1.10 bits per heavy atom. The lowest BCUT2D eigenvalue weighted by molar-refractivity contribution is 0.236. The van der Waals surface area contributed by atoms with Crippen molar-refractivity contribution in [3.8, 4) is 0 Å². The van der Waals surface area contributed by atoms with Crippen LogP contribution in [-0.4, -0.2) is 37.6 Å². The van der Waals surface area contributed by atoms with Gasteiger partial charge in [-0.2, -0.15) is 0 Å². The summed E-state index contributed by atoms with van der Waals surface area (Å²) in [6.45, 7) is 14.9. The molecule has 0 aliphatic carbocycles. The Bertz CT molecular complexity index is 457. The van der Waals surface area contributed by atoms with Gasteiger partial charge in [0, 0.05) is 36.9 Å². The molecule has 21 heavy (non-hydrogen) atoms. The molecule has 2 rings (SSSR count). The monoisotopic (exact) mass is 308 g/mol. The van der Waals surface area contributed by atoms with E-state index in [2.05, 4.69) is 49.6 Å². The number of benzene rings is 1. The lowest BCUT2D eigenvalue weighted by Crippen LogP contribution is -2.46. The molecule has 3 heteroatoms. The molecule has 0 bridgehead atoms. The molecule has 0 radical (unpaired) electrons. The van der Waals surface area contributed by atoms with Gasteiger partial charge in [-0.05, 0) is 49.4 Å². The summed E-state index contributed by atoms with van der Waals surface area (Å²) in [6, 6.07) is 6.20. The molecule has 0 saturated carbocycles. The minimum Gasteiger partial charge on any atom is -0.369 e. The molecule has 1 aliphatic heterocycles. The van der Waals surface area contributed by atoms with Crippen LogP contribution in [0.2, 0.25) is 5.02 Å². The third kappa shape index (κ3) is 5.19. The van der Waals surface area contributed by atoms with Gasteiger partial charge in [0.15, 0.2) is 0 Å². The van der Waals surface area contributed by atoms with Crippen LogP contribution >= 0.6 is 11.6 Å². The topological polar surface area (TPSA) is 6.48 Å². The first-order chi connectivity index (χ1) is 9.85. The van der Waals surface area contributed by atoms with Gasteiger partial charge in [0.25, 0.3) is 0 Å². The van der Waals surface area contributed by atoms with Gasteiger partial charge >= 0.3 is 0 Å². The number of halogens is 1. The SMILES string of the molecule is Cc1ccc(Cl)cc1N1CCN(CCCC(C)(C)C)CC1. The van der Waals surface area contributed by atoms with Crippen LogP contribution in [0.3, 0.4) is 0 Å². The maximum Gasteiger partial charge on any atom is 0.0426 e. The highest BCUT2D eigenvalue weighted by Crippen LogP contribution is 2.26. The second-order valence-corrected chi connectivity index (χ2v) is 7.86. The van der Waals surface area contributed by atoms with E-state index in [1.165, 1.54) is 30.6 Å². The fourth-order valence-corrected chi connectivity index (χ4v) is 3.13.